The predicted molar refractivity (Wildman–Crippen MR) is 107 cm³/mol. The van der Waals surface area contributed by atoms with Crippen LogP contribution in [0.4, 0.5) is 0 Å². The van der Waals surface area contributed by atoms with E-state index in [-0.39, 0.29) is 43.1 Å². The van der Waals surface area contributed by atoms with E-state index >= 15 is 0 Å². The number of methoxy groups -OCH3 is 2. The highest BCUT2D eigenvalue weighted by atomic mass is 35.5. The summed E-state index contributed by atoms with van der Waals surface area (Å²) in [4.78, 5) is 0. The smallest absolute Gasteiger partial charge is 0.203 e. The molecule has 0 fully saturated rings. The second-order valence-electron chi connectivity index (χ2n) is 5.02. The molecule has 0 saturated carbocycles. The lowest BCUT2D eigenvalue weighted by Crippen LogP contribution is -2.12. The molecule has 0 aliphatic carbocycles. The molecule has 0 heterocycles. The van der Waals surface area contributed by atoms with E-state index in [1.54, 1.807) is 24.3 Å². The van der Waals surface area contributed by atoms with Gasteiger partial charge in [-0.15, -0.1) is 24.8 Å². The van der Waals surface area contributed by atoms with Gasteiger partial charge in [0, 0.05) is 11.1 Å². The molecule has 26 heavy (non-hydrogen) atoms. The van der Waals surface area contributed by atoms with Gasteiger partial charge >= 0.3 is 0 Å². The molecule has 0 amide bonds. The van der Waals surface area contributed by atoms with Crippen molar-refractivity contribution in [2.45, 2.75) is 6.61 Å². The lowest BCUT2D eigenvalue weighted by atomic mass is 10.1. The molecule has 7 nitrogen and oxygen atoms in total. The fraction of sp³-hybridized carbons (Fsp3) is 0.176. The van der Waals surface area contributed by atoms with E-state index in [9.17, 15) is 0 Å². The Balaban J connectivity index is 0.00000312. The number of halogens is 2. The van der Waals surface area contributed by atoms with E-state index in [2.05, 4.69) is 0 Å². The Labute approximate surface area is 164 Å². The second-order valence-corrected chi connectivity index (χ2v) is 5.02. The second kappa shape index (κ2) is 10.4. The van der Waals surface area contributed by atoms with Crippen LogP contribution in [-0.2, 0) is 6.61 Å². The summed E-state index contributed by atoms with van der Waals surface area (Å²) in [6.45, 7) is 0.282. The fourth-order valence-corrected chi connectivity index (χ4v) is 2.11. The van der Waals surface area contributed by atoms with Gasteiger partial charge in [0.1, 0.15) is 18.3 Å². The van der Waals surface area contributed by atoms with Crippen molar-refractivity contribution >= 4 is 36.5 Å². The van der Waals surface area contributed by atoms with Crippen molar-refractivity contribution in [3.05, 3.63) is 53.1 Å². The van der Waals surface area contributed by atoms with Crippen molar-refractivity contribution in [3.8, 4) is 17.2 Å². The van der Waals surface area contributed by atoms with Crippen LogP contribution in [-0.4, -0.2) is 25.9 Å². The molecule has 142 valence electrons. The summed E-state index contributed by atoms with van der Waals surface area (Å²) >= 11 is 0. The third-order valence-electron chi connectivity index (χ3n) is 3.42. The van der Waals surface area contributed by atoms with Gasteiger partial charge < -0.3 is 25.7 Å². The monoisotopic (exact) mass is 400 g/mol. The molecule has 2 aromatic rings. The Morgan fingerprint density at radius 1 is 0.846 bits per heavy atom. The van der Waals surface area contributed by atoms with Crippen molar-refractivity contribution in [1.29, 1.82) is 10.8 Å². The molecule has 0 spiro atoms. The number of benzene rings is 2. The van der Waals surface area contributed by atoms with E-state index in [4.69, 9.17) is 36.5 Å². The van der Waals surface area contributed by atoms with Gasteiger partial charge in [-0.05, 0) is 17.7 Å². The SMILES string of the molecule is COc1cc(C(=N)N)cc(OC)c1OCc1ccc(C(=N)N)cc1.Cl.Cl. The highest BCUT2D eigenvalue weighted by Gasteiger charge is 2.15. The Morgan fingerprint density at radius 3 is 1.69 bits per heavy atom. The summed E-state index contributed by atoms with van der Waals surface area (Å²) in [6, 6.07) is 10.4. The molecule has 0 atom stereocenters. The first-order valence-electron chi connectivity index (χ1n) is 7.12. The standard InChI is InChI=1S/C17H20N4O3.2ClH/c1-22-13-7-12(17(20)21)8-14(23-2)15(13)24-9-10-3-5-11(6-4-10)16(18)19;;/h3-8H,9H2,1-2H3,(H3,18,19)(H3,20,21);2*1H. The molecule has 0 bridgehead atoms. The molecule has 2 aromatic carbocycles. The van der Waals surface area contributed by atoms with Crippen molar-refractivity contribution < 1.29 is 14.2 Å². The number of nitrogens with two attached hydrogens (primary N) is 2. The summed E-state index contributed by atoms with van der Waals surface area (Å²) in [6.07, 6.45) is 0. The normalized spacial score (nSPS) is 9.31. The molecule has 2 rings (SSSR count). The summed E-state index contributed by atoms with van der Waals surface area (Å²) in [5.74, 6) is 1.23. The third-order valence-corrected chi connectivity index (χ3v) is 3.42. The number of rotatable bonds is 7. The quantitative estimate of drug-likeness (QED) is 0.419. The van der Waals surface area contributed by atoms with Gasteiger partial charge in [0.05, 0.1) is 14.2 Å². The number of nitrogen functional groups attached to an aromatic ring is 2. The van der Waals surface area contributed by atoms with Gasteiger partial charge in [-0.1, -0.05) is 24.3 Å². The molecule has 0 aliphatic rings. The number of amidine groups is 2. The molecule has 6 N–H and O–H groups in total. The molecular weight excluding hydrogens is 379 g/mol. The maximum Gasteiger partial charge on any atom is 0.203 e. The van der Waals surface area contributed by atoms with Crippen molar-refractivity contribution in [2.75, 3.05) is 14.2 Å². The zero-order valence-electron chi connectivity index (χ0n) is 14.4. The van der Waals surface area contributed by atoms with Crippen LogP contribution in [0.3, 0.4) is 0 Å². The van der Waals surface area contributed by atoms with Crippen LogP contribution in [0.5, 0.6) is 17.2 Å². The molecule has 0 radical (unpaired) electrons. The van der Waals surface area contributed by atoms with E-state index in [0.29, 0.717) is 28.4 Å². The summed E-state index contributed by atoms with van der Waals surface area (Å²) in [5.41, 5.74) is 13.0. The van der Waals surface area contributed by atoms with Gasteiger partial charge in [-0.3, -0.25) is 10.8 Å². The fourth-order valence-electron chi connectivity index (χ4n) is 2.11. The molecule has 0 aliphatic heterocycles. The number of ether oxygens (including phenoxy) is 3. The van der Waals surface area contributed by atoms with Crippen molar-refractivity contribution in [1.82, 2.24) is 0 Å². The zero-order valence-corrected chi connectivity index (χ0v) is 16.0. The summed E-state index contributed by atoms with van der Waals surface area (Å²) < 4.78 is 16.5. The minimum absolute atomic E-state index is 0. The lowest BCUT2D eigenvalue weighted by molar-refractivity contribution is 0.266. The van der Waals surface area contributed by atoms with Crippen LogP contribution in [0.2, 0.25) is 0 Å². The van der Waals surface area contributed by atoms with Crippen molar-refractivity contribution in [2.24, 2.45) is 11.5 Å². The largest absolute Gasteiger partial charge is 0.493 e. The van der Waals surface area contributed by atoms with Crippen LogP contribution in [0, 0.1) is 10.8 Å². The average Bonchev–Trinajstić information content (AvgIpc) is 2.59. The Morgan fingerprint density at radius 2 is 1.31 bits per heavy atom. The predicted octanol–water partition coefficient (Wildman–Crippen LogP) is 2.69. The number of hydrogen-bond acceptors (Lipinski definition) is 5. The van der Waals surface area contributed by atoms with Crippen LogP contribution in [0.15, 0.2) is 36.4 Å². The zero-order chi connectivity index (χ0) is 17.7. The van der Waals surface area contributed by atoms with Crippen LogP contribution in [0.1, 0.15) is 16.7 Å². The summed E-state index contributed by atoms with van der Waals surface area (Å²) in [5, 5.41) is 14.9. The molecular formula is C17H22Cl2N4O3. The molecule has 0 aromatic heterocycles. The topological polar surface area (TPSA) is 127 Å². The third kappa shape index (κ3) is 5.44. The van der Waals surface area contributed by atoms with Crippen LogP contribution < -0.4 is 25.7 Å². The first-order valence-corrected chi connectivity index (χ1v) is 7.12. The van der Waals surface area contributed by atoms with Crippen LogP contribution in [0.25, 0.3) is 0 Å². The average molecular weight is 401 g/mol. The summed E-state index contributed by atoms with van der Waals surface area (Å²) in [7, 11) is 3.01. The van der Waals surface area contributed by atoms with E-state index in [1.165, 1.54) is 14.2 Å². The van der Waals surface area contributed by atoms with Gasteiger partial charge in [0.15, 0.2) is 11.5 Å². The first kappa shape index (κ1) is 23.4. The Bertz CT molecular complexity index is 742. The van der Waals surface area contributed by atoms with Gasteiger partial charge in [0.25, 0.3) is 0 Å². The lowest BCUT2D eigenvalue weighted by Gasteiger charge is -2.16. The van der Waals surface area contributed by atoms with E-state index < -0.39 is 0 Å². The van der Waals surface area contributed by atoms with Gasteiger partial charge in [-0.2, -0.15) is 0 Å². The Kier molecular flexibility index (Phi) is 9.32. The Hall–Kier alpha value is -2.64. The minimum atomic E-state index is -0.0852. The maximum absolute atomic E-state index is 7.54. The first-order chi connectivity index (χ1) is 11.5. The molecule has 0 saturated heterocycles. The highest BCUT2D eigenvalue weighted by molar-refractivity contribution is 5.96. The van der Waals surface area contributed by atoms with E-state index in [0.717, 1.165) is 5.56 Å². The minimum Gasteiger partial charge on any atom is -0.493 e. The van der Waals surface area contributed by atoms with Crippen LogP contribution >= 0.6 is 24.8 Å². The number of hydrogen-bond donors (Lipinski definition) is 4. The molecule has 9 heteroatoms. The van der Waals surface area contributed by atoms with Gasteiger partial charge in [-0.25, -0.2) is 0 Å². The maximum atomic E-state index is 7.54. The highest BCUT2D eigenvalue weighted by Crippen LogP contribution is 2.39. The van der Waals surface area contributed by atoms with E-state index in [1.807, 2.05) is 12.1 Å². The van der Waals surface area contributed by atoms with Crippen molar-refractivity contribution in [3.63, 3.8) is 0 Å². The van der Waals surface area contributed by atoms with Gasteiger partial charge in [0.2, 0.25) is 5.75 Å². The molecule has 0 unspecified atom stereocenters. The number of nitrogens with one attached hydrogen (secondary N) is 2.